The number of ether oxygens (including phenoxy) is 1. The zero-order valence-electron chi connectivity index (χ0n) is 7.47. The molecule has 0 spiro atoms. The van der Waals surface area contributed by atoms with E-state index in [1.165, 1.54) is 0 Å². The van der Waals surface area contributed by atoms with Gasteiger partial charge in [-0.05, 0) is 13.3 Å². The Morgan fingerprint density at radius 2 is 2.17 bits per heavy atom. The summed E-state index contributed by atoms with van der Waals surface area (Å²) in [5.74, 6) is 0.194. The molecule has 70 valence electrons. The summed E-state index contributed by atoms with van der Waals surface area (Å²) >= 11 is 5.55. The summed E-state index contributed by atoms with van der Waals surface area (Å²) in [4.78, 5) is 14.8. The largest absolute Gasteiger partial charge is 0.466 e. The summed E-state index contributed by atoms with van der Waals surface area (Å²) < 4.78 is 4.74. The average molecular weight is 192 g/mol. The van der Waals surface area contributed by atoms with Crippen molar-refractivity contribution in [2.45, 2.75) is 19.8 Å². The molecule has 0 atom stereocenters. The fourth-order valence-electron chi connectivity index (χ4n) is 0.718. The molecule has 12 heavy (non-hydrogen) atoms. The molecule has 0 amide bonds. The quantitative estimate of drug-likeness (QED) is 0.377. The summed E-state index contributed by atoms with van der Waals surface area (Å²) in [6.07, 6.45) is 0.964. The van der Waals surface area contributed by atoms with E-state index in [0.717, 1.165) is 5.71 Å². The molecule has 0 aliphatic carbocycles. The minimum absolute atomic E-state index is 0.191. The van der Waals surface area contributed by atoms with Gasteiger partial charge in [-0.25, -0.2) is 0 Å². The number of nitrogens with zero attached hydrogens (tertiary/aromatic N) is 1. The van der Waals surface area contributed by atoms with E-state index in [1.54, 1.807) is 14.0 Å². The zero-order valence-corrected chi connectivity index (χ0v) is 8.23. The lowest BCUT2D eigenvalue weighted by Gasteiger charge is -2.01. The first kappa shape index (κ1) is 11.4. The van der Waals surface area contributed by atoms with Gasteiger partial charge in [-0.15, -0.1) is 11.6 Å². The molecule has 0 N–H and O–H groups in total. The van der Waals surface area contributed by atoms with Crippen LogP contribution >= 0.6 is 11.6 Å². The number of carbonyl (C=O) groups excluding carboxylic acids is 1. The van der Waals surface area contributed by atoms with Crippen molar-refractivity contribution in [3.05, 3.63) is 0 Å². The van der Waals surface area contributed by atoms with E-state index in [0.29, 0.717) is 25.3 Å². The highest BCUT2D eigenvalue weighted by Gasteiger charge is 2.03. The molecule has 0 bridgehead atoms. The molecule has 0 fully saturated rings. The zero-order chi connectivity index (χ0) is 9.40. The van der Waals surface area contributed by atoms with Gasteiger partial charge in [-0.2, -0.15) is 0 Å². The molecular formula is C8H14ClNO2. The molecule has 0 aliphatic heterocycles. The van der Waals surface area contributed by atoms with Crippen LogP contribution in [0.5, 0.6) is 0 Å². The maximum Gasteiger partial charge on any atom is 0.306 e. The van der Waals surface area contributed by atoms with Crippen LogP contribution in [0, 0.1) is 0 Å². The van der Waals surface area contributed by atoms with E-state index in [2.05, 4.69) is 4.99 Å². The summed E-state index contributed by atoms with van der Waals surface area (Å²) in [6, 6.07) is 0. The molecule has 3 nitrogen and oxygen atoms in total. The average Bonchev–Trinajstić information content (AvgIpc) is 2.07. The lowest BCUT2D eigenvalue weighted by Crippen LogP contribution is -2.08. The van der Waals surface area contributed by atoms with Crippen LogP contribution in [0.15, 0.2) is 4.99 Å². The molecule has 0 rings (SSSR count). The van der Waals surface area contributed by atoms with E-state index >= 15 is 0 Å². The van der Waals surface area contributed by atoms with E-state index < -0.39 is 0 Å². The molecule has 0 aliphatic rings. The fourth-order valence-corrected chi connectivity index (χ4v) is 0.971. The van der Waals surface area contributed by atoms with Gasteiger partial charge in [0.2, 0.25) is 0 Å². The van der Waals surface area contributed by atoms with Crippen molar-refractivity contribution in [2.24, 2.45) is 4.99 Å². The molecule has 0 aromatic rings. The number of halogens is 1. The number of carbonyl (C=O) groups is 1. The van der Waals surface area contributed by atoms with Crippen LogP contribution < -0.4 is 0 Å². The van der Waals surface area contributed by atoms with Crippen molar-refractivity contribution >= 4 is 23.3 Å². The molecular weight excluding hydrogens is 178 g/mol. The molecule has 0 heterocycles. The van der Waals surface area contributed by atoms with Crippen LogP contribution in [0.3, 0.4) is 0 Å². The van der Waals surface area contributed by atoms with Crippen molar-refractivity contribution in [1.82, 2.24) is 0 Å². The Hall–Kier alpha value is -0.570. The number of esters is 1. The third-order valence-electron chi connectivity index (χ3n) is 1.39. The fraction of sp³-hybridized carbons (Fsp3) is 0.750. The molecule has 0 radical (unpaired) electrons. The molecule has 0 saturated heterocycles. The maximum atomic E-state index is 10.9. The van der Waals surface area contributed by atoms with Gasteiger partial charge in [0.1, 0.15) is 0 Å². The number of aliphatic imine (C=N–C) groups is 1. The van der Waals surface area contributed by atoms with Crippen LogP contribution in [-0.2, 0) is 9.53 Å². The third kappa shape index (κ3) is 5.13. The number of hydrogen-bond donors (Lipinski definition) is 0. The van der Waals surface area contributed by atoms with Gasteiger partial charge in [-0.1, -0.05) is 0 Å². The topological polar surface area (TPSA) is 38.7 Å². The van der Waals surface area contributed by atoms with Crippen LogP contribution in [0.1, 0.15) is 19.8 Å². The van der Waals surface area contributed by atoms with Gasteiger partial charge in [0.05, 0.1) is 18.9 Å². The van der Waals surface area contributed by atoms with Gasteiger partial charge >= 0.3 is 5.97 Å². The standard InChI is InChI=1S/C8H14ClNO2/c1-3-12-8(11)5-4-7(6-9)10-2/h3-6H2,1-2H3. The second kappa shape index (κ2) is 7.10. The minimum atomic E-state index is -0.191. The Morgan fingerprint density at radius 3 is 2.58 bits per heavy atom. The van der Waals surface area contributed by atoms with Gasteiger partial charge in [-0.3, -0.25) is 9.79 Å². The summed E-state index contributed by atoms with van der Waals surface area (Å²) in [5.41, 5.74) is 0.838. The Balaban J connectivity index is 3.59. The number of alkyl halides is 1. The van der Waals surface area contributed by atoms with Gasteiger partial charge in [0, 0.05) is 12.8 Å². The first-order valence-electron chi connectivity index (χ1n) is 3.90. The first-order valence-corrected chi connectivity index (χ1v) is 4.44. The molecule has 4 heteroatoms. The highest BCUT2D eigenvalue weighted by atomic mass is 35.5. The van der Waals surface area contributed by atoms with Crippen LogP contribution in [-0.4, -0.2) is 31.2 Å². The van der Waals surface area contributed by atoms with Crippen LogP contribution in [0.2, 0.25) is 0 Å². The van der Waals surface area contributed by atoms with Gasteiger partial charge < -0.3 is 4.74 Å². The van der Waals surface area contributed by atoms with Crippen LogP contribution in [0.25, 0.3) is 0 Å². The first-order chi connectivity index (χ1) is 5.74. The Labute approximate surface area is 77.8 Å². The second-order valence-electron chi connectivity index (χ2n) is 2.23. The monoisotopic (exact) mass is 191 g/mol. The number of hydrogen-bond acceptors (Lipinski definition) is 3. The summed E-state index contributed by atoms with van der Waals surface area (Å²) in [5, 5.41) is 0. The van der Waals surface area contributed by atoms with Crippen LogP contribution in [0.4, 0.5) is 0 Å². The van der Waals surface area contributed by atoms with Crippen molar-refractivity contribution in [3.8, 4) is 0 Å². The van der Waals surface area contributed by atoms with E-state index in [4.69, 9.17) is 16.3 Å². The Morgan fingerprint density at radius 1 is 1.50 bits per heavy atom. The highest BCUT2D eigenvalue weighted by Crippen LogP contribution is 1.97. The minimum Gasteiger partial charge on any atom is -0.466 e. The molecule has 0 aromatic carbocycles. The van der Waals surface area contributed by atoms with Gasteiger partial charge in [0.25, 0.3) is 0 Å². The summed E-state index contributed by atoms with van der Waals surface area (Å²) in [7, 11) is 1.67. The highest BCUT2D eigenvalue weighted by molar-refractivity contribution is 6.28. The number of rotatable bonds is 5. The SMILES string of the molecule is CCOC(=O)CCC(CCl)=NC. The Kier molecular flexibility index (Phi) is 6.76. The summed E-state index contributed by atoms with van der Waals surface area (Å²) in [6.45, 7) is 2.21. The Bertz CT molecular complexity index is 168. The third-order valence-corrected chi connectivity index (χ3v) is 1.70. The van der Waals surface area contributed by atoms with Crippen molar-refractivity contribution in [2.75, 3.05) is 19.5 Å². The van der Waals surface area contributed by atoms with Crippen molar-refractivity contribution in [3.63, 3.8) is 0 Å². The predicted octanol–water partition coefficient (Wildman–Crippen LogP) is 1.64. The van der Waals surface area contributed by atoms with Crippen molar-refractivity contribution in [1.29, 1.82) is 0 Å². The normalized spacial score (nSPS) is 11.4. The van der Waals surface area contributed by atoms with Gasteiger partial charge in [0.15, 0.2) is 0 Å². The maximum absolute atomic E-state index is 10.9. The second-order valence-corrected chi connectivity index (χ2v) is 2.50. The molecule has 0 unspecified atom stereocenters. The van der Waals surface area contributed by atoms with E-state index in [9.17, 15) is 4.79 Å². The lowest BCUT2D eigenvalue weighted by atomic mass is 10.2. The predicted molar refractivity (Wildman–Crippen MR) is 49.9 cm³/mol. The van der Waals surface area contributed by atoms with E-state index in [-0.39, 0.29) is 5.97 Å². The molecule has 0 aromatic heterocycles. The molecule has 0 saturated carbocycles. The smallest absolute Gasteiger partial charge is 0.306 e. The van der Waals surface area contributed by atoms with E-state index in [1.807, 2.05) is 0 Å². The lowest BCUT2D eigenvalue weighted by molar-refractivity contribution is -0.142. The van der Waals surface area contributed by atoms with Crippen molar-refractivity contribution < 1.29 is 9.53 Å².